The molecule has 0 radical (unpaired) electrons. The highest BCUT2D eigenvalue weighted by molar-refractivity contribution is 9.10. The fourth-order valence-electron chi connectivity index (χ4n) is 1.81. The number of fused-ring (bicyclic) bond motifs is 1. The quantitative estimate of drug-likeness (QED) is 0.649. The Kier molecular flexibility index (Phi) is 2.99. The van der Waals surface area contributed by atoms with Gasteiger partial charge in [0.05, 0.1) is 10.7 Å². The number of nitrogens with two attached hydrogens (primary N) is 1. The van der Waals surface area contributed by atoms with Crippen molar-refractivity contribution in [2.75, 3.05) is 5.73 Å². The molecule has 2 N–H and O–H groups in total. The minimum Gasteiger partial charge on any atom is -0.436 e. The molecule has 0 spiro atoms. The van der Waals surface area contributed by atoms with Crippen LogP contribution in [-0.2, 0) is 0 Å². The minimum atomic E-state index is 0.484. The normalized spacial score (nSPS) is 11.1. The Hall–Kier alpha value is -1.52. The second-order valence-corrected chi connectivity index (χ2v) is 5.59. The van der Waals surface area contributed by atoms with Gasteiger partial charge < -0.3 is 10.2 Å². The number of aryl methyl sites for hydroxylation is 1. The number of hydrogen-bond acceptors (Lipinski definition) is 3. The van der Waals surface area contributed by atoms with E-state index in [4.69, 9.17) is 21.8 Å². The van der Waals surface area contributed by atoms with Crippen LogP contribution < -0.4 is 5.73 Å². The molecule has 0 saturated heterocycles. The van der Waals surface area contributed by atoms with E-state index in [2.05, 4.69) is 20.9 Å². The van der Waals surface area contributed by atoms with Crippen molar-refractivity contribution >= 4 is 44.3 Å². The van der Waals surface area contributed by atoms with Crippen molar-refractivity contribution in [2.24, 2.45) is 0 Å². The Bertz CT molecular complexity index is 743. The number of benzene rings is 2. The molecule has 5 heteroatoms. The van der Waals surface area contributed by atoms with Crippen molar-refractivity contribution in [3.05, 3.63) is 45.4 Å². The van der Waals surface area contributed by atoms with E-state index in [9.17, 15) is 0 Å². The Balaban J connectivity index is 2.17. The summed E-state index contributed by atoms with van der Waals surface area (Å²) in [6.45, 7) is 2.03. The van der Waals surface area contributed by atoms with Gasteiger partial charge in [0, 0.05) is 16.1 Å². The second-order valence-electron chi connectivity index (χ2n) is 4.32. The number of anilines is 1. The molecule has 3 nitrogen and oxygen atoms in total. The van der Waals surface area contributed by atoms with Gasteiger partial charge in [-0.1, -0.05) is 33.6 Å². The first kappa shape index (κ1) is 12.5. The van der Waals surface area contributed by atoms with Gasteiger partial charge >= 0.3 is 0 Å². The summed E-state index contributed by atoms with van der Waals surface area (Å²) in [4.78, 5) is 4.43. The second kappa shape index (κ2) is 4.54. The third-order valence-electron chi connectivity index (χ3n) is 2.93. The summed E-state index contributed by atoms with van der Waals surface area (Å²) in [5.74, 6) is 0.553. The number of hydrogen-bond donors (Lipinski definition) is 1. The Morgan fingerprint density at radius 1 is 1.26 bits per heavy atom. The molecule has 0 unspecified atom stereocenters. The van der Waals surface area contributed by atoms with Crippen molar-refractivity contribution in [3.63, 3.8) is 0 Å². The maximum Gasteiger partial charge on any atom is 0.227 e. The van der Waals surface area contributed by atoms with Crippen molar-refractivity contribution < 1.29 is 4.42 Å². The number of halogens is 2. The van der Waals surface area contributed by atoms with Crippen LogP contribution in [0.4, 0.5) is 5.69 Å². The monoisotopic (exact) mass is 336 g/mol. The predicted molar refractivity (Wildman–Crippen MR) is 81.3 cm³/mol. The first-order valence-corrected chi connectivity index (χ1v) is 6.84. The molecule has 3 aromatic rings. The predicted octanol–water partition coefficient (Wildman–Crippen LogP) is 4.80. The lowest BCUT2D eigenvalue weighted by Crippen LogP contribution is -1.84. The molecule has 0 fully saturated rings. The van der Waals surface area contributed by atoms with Gasteiger partial charge in [-0.2, -0.15) is 0 Å². The van der Waals surface area contributed by atoms with E-state index < -0.39 is 0 Å². The molecule has 1 aromatic heterocycles. The molecule has 0 bridgehead atoms. The molecular weight excluding hydrogens is 328 g/mol. The number of nitrogens with zero attached hydrogens (tertiary/aromatic N) is 1. The Morgan fingerprint density at radius 3 is 2.79 bits per heavy atom. The van der Waals surface area contributed by atoms with Crippen LogP contribution in [-0.4, -0.2) is 4.98 Å². The summed E-state index contributed by atoms with van der Waals surface area (Å²) < 4.78 is 6.73. The summed E-state index contributed by atoms with van der Waals surface area (Å²) in [6, 6.07) is 9.36. The standard InChI is InChI=1S/C14H10BrClN2O/c1-7-2-3-8(4-9(7)15)14-18-12-5-10(16)11(17)6-13(12)19-14/h2-6H,17H2,1H3. The van der Waals surface area contributed by atoms with E-state index in [0.29, 0.717) is 27.7 Å². The highest BCUT2D eigenvalue weighted by Crippen LogP contribution is 2.31. The van der Waals surface area contributed by atoms with Gasteiger partial charge in [0.1, 0.15) is 5.52 Å². The lowest BCUT2D eigenvalue weighted by molar-refractivity contribution is 0.620. The van der Waals surface area contributed by atoms with E-state index in [1.807, 2.05) is 25.1 Å². The number of nitrogen functional groups attached to an aromatic ring is 1. The van der Waals surface area contributed by atoms with Gasteiger partial charge in [0.15, 0.2) is 5.58 Å². The van der Waals surface area contributed by atoms with Crippen molar-refractivity contribution in [2.45, 2.75) is 6.92 Å². The average molecular weight is 338 g/mol. The Labute approximate surface area is 123 Å². The largest absolute Gasteiger partial charge is 0.436 e. The molecule has 0 saturated carbocycles. The lowest BCUT2D eigenvalue weighted by Gasteiger charge is -1.99. The zero-order valence-electron chi connectivity index (χ0n) is 10.1. The highest BCUT2D eigenvalue weighted by atomic mass is 79.9. The van der Waals surface area contributed by atoms with Gasteiger partial charge in [-0.15, -0.1) is 0 Å². The van der Waals surface area contributed by atoms with Crippen LogP contribution in [0.5, 0.6) is 0 Å². The fourth-order valence-corrected chi connectivity index (χ4v) is 2.35. The van der Waals surface area contributed by atoms with Crippen molar-refractivity contribution in [1.82, 2.24) is 4.98 Å². The van der Waals surface area contributed by atoms with E-state index in [1.165, 1.54) is 0 Å². The summed E-state index contributed by atoms with van der Waals surface area (Å²) in [7, 11) is 0. The van der Waals surface area contributed by atoms with E-state index in [1.54, 1.807) is 12.1 Å². The number of rotatable bonds is 1. The van der Waals surface area contributed by atoms with E-state index in [0.717, 1.165) is 15.6 Å². The first-order valence-electron chi connectivity index (χ1n) is 5.66. The number of aromatic nitrogens is 1. The molecule has 3 rings (SSSR count). The van der Waals surface area contributed by atoms with Crippen LogP contribution in [0.25, 0.3) is 22.6 Å². The van der Waals surface area contributed by atoms with Crippen LogP contribution in [0.2, 0.25) is 5.02 Å². The smallest absolute Gasteiger partial charge is 0.227 e. The molecule has 0 atom stereocenters. The van der Waals surface area contributed by atoms with Gasteiger partial charge in [-0.25, -0.2) is 4.98 Å². The zero-order valence-corrected chi connectivity index (χ0v) is 12.4. The van der Waals surface area contributed by atoms with E-state index >= 15 is 0 Å². The summed E-state index contributed by atoms with van der Waals surface area (Å²) >= 11 is 9.47. The fraction of sp³-hybridized carbons (Fsp3) is 0.0714. The van der Waals surface area contributed by atoms with Crippen LogP contribution in [0.3, 0.4) is 0 Å². The summed E-state index contributed by atoms with van der Waals surface area (Å²) in [5, 5.41) is 0.484. The zero-order chi connectivity index (χ0) is 13.6. The third-order valence-corrected chi connectivity index (χ3v) is 4.11. The summed E-state index contributed by atoms with van der Waals surface area (Å²) in [6.07, 6.45) is 0. The molecule has 0 aliphatic carbocycles. The van der Waals surface area contributed by atoms with Gasteiger partial charge in [0.2, 0.25) is 5.89 Å². The average Bonchev–Trinajstić information content (AvgIpc) is 2.76. The topological polar surface area (TPSA) is 52.0 Å². The van der Waals surface area contributed by atoms with Crippen LogP contribution in [0, 0.1) is 6.92 Å². The maximum absolute atomic E-state index is 5.97. The molecule has 0 aliphatic heterocycles. The van der Waals surface area contributed by atoms with Crippen molar-refractivity contribution in [3.8, 4) is 11.5 Å². The van der Waals surface area contributed by atoms with Crippen LogP contribution in [0.1, 0.15) is 5.56 Å². The van der Waals surface area contributed by atoms with Crippen molar-refractivity contribution in [1.29, 1.82) is 0 Å². The van der Waals surface area contributed by atoms with Crippen LogP contribution >= 0.6 is 27.5 Å². The molecule has 0 amide bonds. The van der Waals surface area contributed by atoms with Gasteiger partial charge in [-0.05, 0) is 30.7 Å². The molecule has 1 heterocycles. The van der Waals surface area contributed by atoms with Crippen LogP contribution in [0.15, 0.2) is 39.2 Å². The third kappa shape index (κ3) is 2.22. The van der Waals surface area contributed by atoms with E-state index in [-0.39, 0.29) is 0 Å². The van der Waals surface area contributed by atoms with Gasteiger partial charge in [-0.3, -0.25) is 0 Å². The SMILES string of the molecule is Cc1ccc(-c2nc3cc(Cl)c(N)cc3o2)cc1Br. The molecule has 2 aromatic carbocycles. The lowest BCUT2D eigenvalue weighted by atomic mass is 10.1. The number of oxazole rings is 1. The molecular formula is C14H10BrClN2O. The Morgan fingerprint density at radius 2 is 2.05 bits per heavy atom. The summed E-state index contributed by atoms with van der Waals surface area (Å²) in [5.41, 5.74) is 9.64. The molecule has 96 valence electrons. The maximum atomic E-state index is 5.97. The molecule has 0 aliphatic rings. The van der Waals surface area contributed by atoms with Gasteiger partial charge in [0.25, 0.3) is 0 Å². The minimum absolute atomic E-state index is 0.484. The highest BCUT2D eigenvalue weighted by Gasteiger charge is 2.11. The molecule has 19 heavy (non-hydrogen) atoms. The first-order chi connectivity index (χ1) is 9.04.